The van der Waals surface area contributed by atoms with Gasteiger partial charge in [-0.15, -0.1) is 22.7 Å². The van der Waals surface area contributed by atoms with Crippen molar-refractivity contribution in [3.05, 3.63) is 255 Å². The Balaban J connectivity index is 0.736. The molecule has 2 heterocycles. The molecule has 17 rings (SSSR count). The number of rotatable bonds is 6. The SMILES string of the molecule is c1ccc(-c2ccc3ccc4c(-c5ccc6sc7ccc(-c8cccc(-c9ccc%10sc%11ccc(-c%12ccc%13ccc%14c(-c%15ccccc%15)ccc%15ccc%12c%13c%15%14)cc%11c%10c9)c8)cc7c6c5)ccc5ccc2c3c54)cc1. The fraction of sp³-hybridized carbons (Fsp3) is 0. The van der Waals surface area contributed by atoms with Gasteiger partial charge in [-0.25, -0.2) is 0 Å². The minimum atomic E-state index is 1.22. The molecule has 0 saturated carbocycles. The first-order valence-electron chi connectivity index (χ1n) is 26.2. The van der Waals surface area contributed by atoms with Crippen molar-refractivity contribution in [2.45, 2.75) is 0 Å². The van der Waals surface area contributed by atoms with Crippen molar-refractivity contribution in [3.63, 3.8) is 0 Å². The Bertz CT molecular complexity index is 4890. The Labute approximate surface area is 446 Å². The predicted molar refractivity (Wildman–Crippen MR) is 332 cm³/mol. The Morgan fingerprint density at radius 1 is 0.171 bits per heavy atom. The van der Waals surface area contributed by atoms with Crippen LogP contribution in [0, 0.1) is 0 Å². The molecular weight excluding hydrogens is 953 g/mol. The van der Waals surface area contributed by atoms with Crippen LogP contribution in [0.2, 0.25) is 0 Å². The molecule has 76 heavy (non-hydrogen) atoms. The lowest BCUT2D eigenvalue weighted by Crippen LogP contribution is -1.89. The van der Waals surface area contributed by atoms with Gasteiger partial charge < -0.3 is 0 Å². The average molecular weight is 995 g/mol. The molecule has 0 unspecified atom stereocenters. The monoisotopic (exact) mass is 994 g/mol. The largest absolute Gasteiger partial charge is 0.135 e. The van der Waals surface area contributed by atoms with Crippen molar-refractivity contribution in [1.29, 1.82) is 0 Å². The van der Waals surface area contributed by atoms with Crippen molar-refractivity contribution in [2.24, 2.45) is 0 Å². The van der Waals surface area contributed by atoms with Crippen molar-refractivity contribution < 1.29 is 0 Å². The third kappa shape index (κ3) is 6.29. The molecule has 350 valence electrons. The lowest BCUT2D eigenvalue weighted by Gasteiger charge is -2.16. The van der Waals surface area contributed by atoms with Gasteiger partial charge in [-0.1, -0.05) is 200 Å². The van der Waals surface area contributed by atoms with E-state index in [4.69, 9.17) is 0 Å². The molecule has 17 aromatic rings. The Morgan fingerprint density at radius 3 is 0.803 bits per heavy atom. The third-order valence-electron chi connectivity index (χ3n) is 16.6. The van der Waals surface area contributed by atoms with Gasteiger partial charge in [0.25, 0.3) is 0 Å². The van der Waals surface area contributed by atoms with Crippen LogP contribution in [-0.2, 0) is 0 Å². The molecule has 0 spiro atoms. The molecule has 0 atom stereocenters. The highest BCUT2D eigenvalue weighted by Crippen LogP contribution is 2.47. The van der Waals surface area contributed by atoms with Crippen molar-refractivity contribution in [2.75, 3.05) is 0 Å². The fourth-order valence-corrected chi connectivity index (χ4v) is 15.1. The summed E-state index contributed by atoms with van der Waals surface area (Å²) >= 11 is 3.77. The number of hydrogen-bond acceptors (Lipinski definition) is 2. The minimum Gasteiger partial charge on any atom is -0.135 e. The summed E-state index contributed by atoms with van der Waals surface area (Å²) in [6.07, 6.45) is 0. The van der Waals surface area contributed by atoms with Crippen LogP contribution < -0.4 is 0 Å². The van der Waals surface area contributed by atoms with Crippen molar-refractivity contribution >= 4 is 128 Å². The van der Waals surface area contributed by atoms with Crippen molar-refractivity contribution in [3.8, 4) is 66.8 Å². The Kier molecular flexibility index (Phi) is 8.97. The first kappa shape index (κ1) is 42.2. The van der Waals surface area contributed by atoms with Gasteiger partial charge >= 0.3 is 0 Å². The van der Waals surface area contributed by atoms with Crippen LogP contribution in [0.15, 0.2) is 255 Å². The van der Waals surface area contributed by atoms with E-state index in [1.807, 2.05) is 22.7 Å². The second kappa shape index (κ2) is 16.2. The van der Waals surface area contributed by atoms with Gasteiger partial charge in [0, 0.05) is 40.3 Å². The molecule has 2 heteroatoms. The number of hydrogen-bond donors (Lipinski definition) is 0. The van der Waals surface area contributed by atoms with Crippen LogP contribution in [0.25, 0.3) is 172 Å². The zero-order valence-corrected chi connectivity index (χ0v) is 42.7. The maximum atomic E-state index is 2.44. The molecule has 0 nitrogen and oxygen atoms in total. The highest BCUT2D eigenvalue weighted by atomic mass is 32.1. The van der Waals surface area contributed by atoms with E-state index >= 15 is 0 Å². The van der Waals surface area contributed by atoms with Gasteiger partial charge in [-0.05, 0) is 186 Å². The summed E-state index contributed by atoms with van der Waals surface area (Å²) in [6.45, 7) is 0. The number of thiophene rings is 2. The van der Waals surface area contributed by atoms with Gasteiger partial charge in [0.1, 0.15) is 0 Å². The van der Waals surface area contributed by atoms with E-state index in [2.05, 4.69) is 255 Å². The summed E-state index contributed by atoms with van der Waals surface area (Å²) in [7, 11) is 0. The molecule has 15 aromatic carbocycles. The van der Waals surface area contributed by atoms with Crippen LogP contribution >= 0.6 is 22.7 Å². The number of benzene rings is 15. The van der Waals surface area contributed by atoms with E-state index in [9.17, 15) is 0 Å². The zero-order chi connectivity index (χ0) is 49.6. The first-order chi connectivity index (χ1) is 37.6. The van der Waals surface area contributed by atoms with Gasteiger partial charge in [0.15, 0.2) is 0 Å². The highest BCUT2D eigenvalue weighted by Gasteiger charge is 2.19. The fourth-order valence-electron chi connectivity index (χ4n) is 13.0. The molecule has 0 aliphatic carbocycles. The molecule has 0 bridgehead atoms. The average Bonchev–Trinajstić information content (AvgIpc) is 4.10. The van der Waals surface area contributed by atoms with Gasteiger partial charge in [-0.3, -0.25) is 0 Å². The molecule has 0 aliphatic rings. The van der Waals surface area contributed by atoms with Crippen LogP contribution in [-0.4, -0.2) is 0 Å². The van der Waals surface area contributed by atoms with Gasteiger partial charge in [0.05, 0.1) is 0 Å². The summed E-state index contributed by atoms with van der Waals surface area (Å²) in [5.74, 6) is 0. The molecular formula is C74H42S2. The quantitative estimate of drug-likeness (QED) is 0.146. The Hall–Kier alpha value is -9.18. The minimum absolute atomic E-state index is 1.22. The zero-order valence-electron chi connectivity index (χ0n) is 41.1. The predicted octanol–water partition coefficient (Wildman–Crippen LogP) is 22.2. The number of fused-ring (bicyclic) bond motifs is 6. The second-order valence-corrected chi connectivity index (χ2v) is 22.8. The smallest absolute Gasteiger partial charge is 0.0355 e. The summed E-state index contributed by atoms with van der Waals surface area (Å²) < 4.78 is 5.24. The van der Waals surface area contributed by atoms with E-state index in [1.54, 1.807) is 0 Å². The lowest BCUT2D eigenvalue weighted by molar-refractivity contribution is 1.62. The molecule has 0 fully saturated rings. The normalized spacial score (nSPS) is 12.2. The molecule has 0 radical (unpaired) electrons. The van der Waals surface area contributed by atoms with Crippen LogP contribution in [0.1, 0.15) is 0 Å². The maximum absolute atomic E-state index is 2.44. The third-order valence-corrected chi connectivity index (χ3v) is 18.9. The standard InChI is InChI=1S/C74H42S2/c1-3-8-43(9-4-1)55-26-14-45-20-32-61-57(28-16-47-18-30-59(55)71(45)73(47)61)53-24-36-69-65(41-53)63-39-51(22-34-67(63)75-69)49-12-7-13-50(38-49)52-23-35-68-64(40-52)66-42-54(25-37-70(66)76-68)58-29-17-48-19-31-60-56(44-10-5-2-6-11-44)27-15-46-21-33-62(58)74(48)72(46)60/h1-42H. The summed E-state index contributed by atoms with van der Waals surface area (Å²) in [5.41, 5.74) is 15.0. The second-order valence-electron chi connectivity index (χ2n) is 20.7. The van der Waals surface area contributed by atoms with E-state index < -0.39 is 0 Å². The summed E-state index contributed by atoms with van der Waals surface area (Å²) in [5, 5.41) is 20.9. The highest BCUT2D eigenvalue weighted by molar-refractivity contribution is 7.26. The summed E-state index contributed by atoms with van der Waals surface area (Å²) in [6, 6.07) is 96.1. The van der Waals surface area contributed by atoms with Crippen LogP contribution in [0.4, 0.5) is 0 Å². The van der Waals surface area contributed by atoms with Crippen LogP contribution in [0.3, 0.4) is 0 Å². The van der Waals surface area contributed by atoms with E-state index in [0.717, 1.165) is 0 Å². The topological polar surface area (TPSA) is 0 Å². The lowest BCUT2D eigenvalue weighted by atomic mass is 9.87. The molecule has 0 saturated heterocycles. The van der Waals surface area contributed by atoms with E-state index in [1.165, 1.54) is 172 Å². The van der Waals surface area contributed by atoms with Gasteiger partial charge in [0.2, 0.25) is 0 Å². The van der Waals surface area contributed by atoms with Gasteiger partial charge in [-0.2, -0.15) is 0 Å². The first-order valence-corrected chi connectivity index (χ1v) is 27.8. The Morgan fingerprint density at radius 2 is 0.447 bits per heavy atom. The van der Waals surface area contributed by atoms with Crippen LogP contribution in [0.5, 0.6) is 0 Å². The summed E-state index contributed by atoms with van der Waals surface area (Å²) in [4.78, 5) is 0. The molecule has 0 amide bonds. The molecule has 2 aromatic heterocycles. The van der Waals surface area contributed by atoms with Crippen molar-refractivity contribution in [1.82, 2.24) is 0 Å². The molecule has 0 aliphatic heterocycles. The molecule has 0 N–H and O–H groups in total. The van der Waals surface area contributed by atoms with E-state index in [0.29, 0.717) is 0 Å². The maximum Gasteiger partial charge on any atom is 0.0355 e. The van der Waals surface area contributed by atoms with E-state index in [-0.39, 0.29) is 0 Å².